The van der Waals surface area contributed by atoms with Crippen molar-refractivity contribution in [2.75, 3.05) is 13.4 Å². The van der Waals surface area contributed by atoms with Gasteiger partial charge in [0.05, 0.1) is 23.4 Å². The van der Waals surface area contributed by atoms with E-state index >= 15 is 0 Å². The molecule has 5 nitrogen and oxygen atoms in total. The fourth-order valence-corrected chi connectivity index (χ4v) is 2.48. The molecule has 0 aliphatic carbocycles. The maximum atomic E-state index is 11.5. The Morgan fingerprint density at radius 2 is 2.10 bits per heavy atom. The van der Waals surface area contributed by atoms with Crippen LogP contribution in [0.3, 0.4) is 0 Å². The molecule has 0 spiro atoms. The first kappa shape index (κ1) is 12.8. The quantitative estimate of drug-likeness (QED) is 0.693. The smallest absolute Gasteiger partial charge is 0.220 e. The van der Waals surface area contributed by atoms with Crippen molar-refractivity contribution in [2.45, 2.75) is 5.16 Å². The van der Waals surface area contributed by atoms with Crippen LogP contribution in [0.1, 0.15) is 0 Å². The van der Waals surface area contributed by atoms with E-state index in [0.29, 0.717) is 11.0 Å². The molecule has 20 heavy (non-hydrogen) atoms. The zero-order valence-corrected chi connectivity index (χ0v) is 11.9. The second-order valence-corrected chi connectivity index (χ2v) is 5.54. The van der Waals surface area contributed by atoms with Gasteiger partial charge in [0, 0.05) is 24.0 Å². The predicted molar refractivity (Wildman–Crippen MR) is 77.7 cm³/mol. The monoisotopic (exact) mass is 287 g/mol. The van der Waals surface area contributed by atoms with Crippen LogP contribution in [0.25, 0.3) is 16.7 Å². The summed E-state index contributed by atoms with van der Waals surface area (Å²) in [6.45, 7) is 0. The van der Waals surface area contributed by atoms with Crippen molar-refractivity contribution in [1.82, 2.24) is 14.5 Å². The number of aromatic nitrogens is 3. The lowest BCUT2D eigenvalue weighted by Crippen LogP contribution is -2.02. The van der Waals surface area contributed by atoms with Crippen molar-refractivity contribution in [3.05, 3.63) is 42.7 Å². The van der Waals surface area contributed by atoms with Crippen LogP contribution in [0.4, 0.5) is 0 Å². The Kier molecular flexibility index (Phi) is 3.23. The van der Waals surface area contributed by atoms with E-state index in [9.17, 15) is 4.21 Å². The lowest BCUT2D eigenvalue weighted by Gasteiger charge is -2.06. The molecule has 3 aromatic rings. The summed E-state index contributed by atoms with van der Waals surface area (Å²) >= 11 is 0. The lowest BCUT2D eigenvalue weighted by molar-refractivity contribution is 0.415. The van der Waals surface area contributed by atoms with E-state index in [2.05, 4.69) is 9.97 Å². The fourth-order valence-electron chi connectivity index (χ4n) is 2.05. The van der Waals surface area contributed by atoms with Gasteiger partial charge in [0.2, 0.25) is 5.16 Å². The summed E-state index contributed by atoms with van der Waals surface area (Å²) in [6.07, 6.45) is 5.11. The molecule has 2 aromatic heterocycles. The van der Waals surface area contributed by atoms with Crippen LogP contribution in [0.5, 0.6) is 5.75 Å². The van der Waals surface area contributed by atoms with Crippen LogP contribution in [0.15, 0.2) is 47.9 Å². The summed E-state index contributed by atoms with van der Waals surface area (Å²) in [7, 11) is 0.449. The van der Waals surface area contributed by atoms with Gasteiger partial charge in [0.25, 0.3) is 0 Å². The molecule has 0 bridgehead atoms. The van der Waals surface area contributed by atoms with E-state index in [0.717, 1.165) is 16.7 Å². The fraction of sp³-hybridized carbons (Fsp3) is 0.143. The SMILES string of the molecule is COc1ccc2c(ccn2-c2ccnc(S(C)=O)n2)c1. The Labute approximate surface area is 118 Å². The lowest BCUT2D eigenvalue weighted by atomic mass is 10.2. The second-order valence-electron chi connectivity index (χ2n) is 4.26. The molecule has 0 fully saturated rings. The number of hydrogen-bond donors (Lipinski definition) is 0. The standard InChI is InChI=1S/C14H13N3O2S/c1-19-11-3-4-12-10(9-11)6-8-17(12)13-5-7-15-14(16-13)20(2)18/h3-9H,1-2H3. The Hall–Kier alpha value is -2.21. The number of methoxy groups -OCH3 is 1. The first-order valence-corrected chi connectivity index (χ1v) is 7.57. The molecule has 0 amide bonds. The third kappa shape index (κ3) is 2.18. The van der Waals surface area contributed by atoms with E-state index in [1.165, 1.54) is 0 Å². The summed E-state index contributed by atoms with van der Waals surface area (Å²) in [5.41, 5.74) is 1.01. The Balaban J connectivity index is 2.15. The van der Waals surface area contributed by atoms with Gasteiger partial charge in [-0.1, -0.05) is 0 Å². The maximum Gasteiger partial charge on any atom is 0.220 e. The number of fused-ring (bicyclic) bond motifs is 1. The highest BCUT2D eigenvalue weighted by Crippen LogP contribution is 2.23. The molecule has 1 atom stereocenters. The van der Waals surface area contributed by atoms with Crippen molar-refractivity contribution < 1.29 is 8.95 Å². The highest BCUT2D eigenvalue weighted by atomic mass is 32.2. The molecule has 0 aliphatic heterocycles. The van der Waals surface area contributed by atoms with Crippen molar-refractivity contribution >= 4 is 21.7 Å². The van der Waals surface area contributed by atoms with Gasteiger partial charge in [-0.15, -0.1) is 0 Å². The Morgan fingerprint density at radius 1 is 1.25 bits per heavy atom. The van der Waals surface area contributed by atoms with E-state index in [4.69, 9.17) is 4.74 Å². The number of rotatable bonds is 3. The first-order valence-electron chi connectivity index (χ1n) is 6.01. The molecular formula is C14H13N3O2S. The molecule has 0 radical (unpaired) electrons. The highest BCUT2D eigenvalue weighted by molar-refractivity contribution is 7.84. The van der Waals surface area contributed by atoms with Gasteiger partial charge in [-0.3, -0.25) is 4.21 Å². The molecule has 0 saturated heterocycles. The molecule has 0 aliphatic rings. The van der Waals surface area contributed by atoms with Crippen LogP contribution >= 0.6 is 0 Å². The summed E-state index contributed by atoms with van der Waals surface area (Å²) in [6, 6.07) is 9.62. The zero-order chi connectivity index (χ0) is 14.1. The van der Waals surface area contributed by atoms with E-state index in [-0.39, 0.29) is 0 Å². The predicted octanol–water partition coefficient (Wildman–Crippen LogP) is 2.17. The van der Waals surface area contributed by atoms with Gasteiger partial charge < -0.3 is 9.30 Å². The summed E-state index contributed by atoms with van der Waals surface area (Å²) in [4.78, 5) is 8.34. The number of nitrogens with zero attached hydrogens (tertiary/aromatic N) is 3. The minimum atomic E-state index is -1.20. The molecule has 1 unspecified atom stereocenters. The maximum absolute atomic E-state index is 11.5. The summed E-state index contributed by atoms with van der Waals surface area (Å²) in [5, 5.41) is 1.39. The van der Waals surface area contributed by atoms with Crippen LogP contribution < -0.4 is 4.74 Å². The topological polar surface area (TPSA) is 57.0 Å². The van der Waals surface area contributed by atoms with Crippen molar-refractivity contribution in [2.24, 2.45) is 0 Å². The number of benzene rings is 1. The Bertz CT molecular complexity index is 798. The van der Waals surface area contributed by atoms with E-state index in [1.807, 2.05) is 35.0 Å². The normalized spacial score (nSPS) is 12.5. The third-order valence-electron chi connectivity index (χ3n) is 3.02. The van der Waals surface area contributed by atoms with Gasteiger partial charge in [-0.2, -0.15) is 0 Å². The first-order chi connectivity index (χ1) is 9.69. The second kappa shape index (κ2) is 5.05. The van der Waals surface area contributed by atoms with Crippen molar-refractivity contribution in [3.63, 3.8) is 0 Å². The van der Waals surface area contributed by atoms with Crippen molar-refractivity contribution in [1.29, 1.82) is 0 Å². The van der Waals surface area contributed by atoms with Crippen LogP contribution in [0.2, 0.25) is 0 Å². The molecule has 2 heterocycles. The average Bonchev–Trinajstić information content (AvgIpc) is 2.90. The van der Waals surface area contributed by atoms with Gasteiger partial charge >= 0.3 is 0 Å². The van der Waals surface area contributed by atoms with E-state index in [1.54, 1.807) is 25.6 Å². The van der Waals surface area contributed by atoms with E-state index < -0.39 is 10.8 Å². The van der Waals surface area contributed by atoms with Gasteiger partial charge in [-0.05, 0) is 30.3 Å². The zero-order valence-electron chi connectivity index (χ0n) is 11.1. The molecule has 6 heteroatoms. The van der Waals surface area contributed by atoms with Gasteiger partial charge in [0.1, 0.15) is 11.6 Å². The third-order valence-corrected chi connectivity index (χ3v) is 3.73. The number of ether oxygens (including phenoxy) is 1. The molecular weight excluding hydrogens is 274 g/mol. The average molecular weight is 287 g/mol. The molecule has 3 rings (SSSR count). The molecule has 0 N–H and O–H groups in total. The van der Waals surface area contributed by atoms with Gasteiger partial charge in [0.15, 0.2) is 0 Å². The largest absolute Gasteiger partial charge is 0.497 e. The minimum absolute atomic E-state index is 0.331. The molecule has 102 valence electrons. The summed E-state index contributed by atoms with van der Waals surface area (Å²) in [5.74, 6) is 1.51. The number of hydrogen-bond acceptors (Lipinski definition) is 4. The minimum Gasteiger partial charge on any atom is -0.497 e. The molecule has 0 saturated carbocycles. The van der Waals surface area contributed by atoms with Gasteiger partial charge in [-0.25, -0.2) is 9.97 Å². The van der Waals surface area contributed by atoms with Crippen LogP contribution in [-0.2, 0) is 10.8 Å². The Morgan fingerprint density at radius 3 is 2.85 bits per heavy atom. The van der Waals surface area contributed by atoms with Crippen LogP contribution in [-0.4, -0.2) is 32.1 Å². The highest BCUT2D eigenvalue weighted by Gasteiger charge is 2.08. The molecule has 1 aromatic carbocycles. The van der Waals surface area contributed by atoms with Crippen LogP contribution in [0, 0.1) is 0 Å². The summed E-state index contributed by atoms with van der Waals surface area (Å²) < 4.78 is 18.6. The van der Waals surface area contributed by atoms with Crippen molar-refractivity contribution in [3.8, 4) is 11.6 Å².